The molecular formula is C29H33N3O5. The smallest absolute Gasteiger partial charge is 0.337 e. The van der Waals surface area contributed by atoms with Crippen molar-refractivity contribution in [2.45, 2.75) is 57.7 Å². The second kappa shape index (κ2) is 10.9. The molecule has 2 aliphatic rings. The number of hydrogen-bond acceptors (Lipinski definition) is 6. The van der Waals surface area contributed by atoms with Gasteiger partial charge < -0.3 is 19.9 Å². The van der Waals surface area contributed by atoms with Crippen molar-refractivity contribution in [2.75, 3.05) is 20.3 Å². The van der Waals surface area contributed by atoms with Crippen LogP contribution in [0.2, 0.25) is 0 Å². The Morgan fingerprint density at radius 1 is 1.22 bits per heavy atom. The lowest BCUT2D eigenvalue weighted by Crippen LogP contribution is -2.36. The van der Waals surface area contributed by atoms with Crippen molar-refractivity contribution in [1.82, 2.24) is 15.1 Å². The van der Waals surface area contributed by atoms with E-state index in [1.807, 2.05) is 41.9 Å². The molecular weight excluding hydrogens is 470 g/mol. The summed E-state index contributed by atoms with van der Waals surface area (Å²) in [7, 11) is 1.36. The van der Waals surface area contributed by atoms with Gasteiger partial charge in [0.2, 0.25) is 0 Å². The van der Waals surface area contributed by atoms with Crippen LogP contribution in [0.5, 0.6) is 0 Å². The number of benzene rings is 2. The Bertz CT molecular complexity index is 1290. The number of rotatable bonds is 7. The van der Waals surface area contributed by atoms with Gasteiger partial charge in [-0.05, 0) is 80.3 Å². The molecule has 37 heavy (non-hydrogen) atoms. The van der Waals surface area contributed by atoms with Crippen LogP contribution >= 0.6 is 0 Å². The number of aryl methyl sites for hydroxylation is 1. The highest BCUT2D eigenvalue weighted by atomic mass is 16.5. The fourth-order valence-electron chi connectivity index (χ4n) is 5.42. The molecule has 0 spiro atoms. The number of hydrogen-bond donors (Lipinski definition) is 2. The zero-order valence-electron chi connectivity index (χ0n) is 21.3. The zero-order valence-corrected chi connectivity index (χ0v) is 21.3. The Morgan fingerprint density at radius 2 is 2.03 bits per heavy atom. The number of amides is 1. The lowest BCUT2D eigenvalue weighted by Gasteiger charge is -2.27. The van der Waals surface area contributed by atoms with Gasteiger partial charge in [-0.2, -0.15) is 5.10 Å². The van der Waals surface area contributed by atoms with Crippen molar-refractivity contribution in [3.05, 3.63) is 76.1 Å². The van der Waals surface area contributed by atoms with Crippen molar-refractivity contribution in [3.63, 3.8) is 0 Å². The van der Waals surface area contributed by atoms with Gasteiger partial charge in [0.1, 0.15) is 6.23 Å². The number of methoxy groups -OCH3 is 1. The summed E-state index contributed by atoms with van der Waals surface area (Å²) in [5, 5.41) is 18.0. The van der Waals surface area contributed by atoms with Gasteiger partial charge in [-0.25, -0.2) is 9.48 Å². The van der Waals surface area contributed by atoms with E-state index in [2.05, 4.69) is 5.32 Å². The minimum atomic E-state index is -0.398. The monoisotopic (exact) mass is 503 g/mol. The minimum absolute atomic E-state index is 0.0550. The van der Waals surface area contributed by atoms with Crippen molar-refractivity contribution in [1.29, 1.82) is 0 Å². The standard InChI is InChI=1S/C29H33N3O5/c1-18-7-5-8-21-22(18)17-23(30-28(21)34)27-26(19-11-13-20(14-12-19)29(35)36-2)24(9-6-15-33)32(31-27)25-10-3-4-16-37-25/h5,7-8,11-14,23,25,33H,3-4,6,9-10,15-17H2,1-2H3,(H,30,34). The molecule has 3 heterocycles. The molecule has 0 radical (unpaired) electrons. The summed E-state index contributed by atoms with van der Waals surface area (Å²) in [6, 6.07) is 12.8. The maximum absolute atomic E-state index is 13.1. The van der Waals surface area contributed by atoms with Crippen LogP contribution in [0.15, 0.2) is 42.5 Å². The quantitative estimate of drug-likeness (QED) is 0.466. The maximum atomic E-state index is 13.1. The first kappa shape index (κ1) is 25.2. The van der Waals surface area contributed by atoms with Crippen LogP contribution in [0.25, 0.3) is 11.1 Å². The molecule has 2 aliphatic heterocycles. The molecule has 3 aromatic rings. The maximum Gasteiger partial charge on any atom is 0.337 e. The highest BCUT2D eigenvalue weighted by Gasteiger charge is 2.33. The van der Waals surface area contributed by atoms with E-state index < -0.39 is 5.97 Å². The van der Waals surface area contributed by atoms with Crippen LogP contribution in [0.4, 0.5) is 0 Å². The van der Waals surface area contributed by atoms with Gasteiger partial charge in [-0.15, -0.1) is 0 Å². The average Bonchev–Trinajstić information content (AvgIpc) is 3.32. The Morgan fingerprint density at radius 3 is 2.73 bits per heavy atom. The number of nitrogens with one attached hydrogen (secondary N) is 1. The number of carbonyl (C=O) groups excluding carboxylic acids is 2. The van der Waals surface area contributed by atoms with E-state index in [4.69, 9.17) is 14.6 Å². The van der Waals surface area contributed by atoms with Gasteiger partial charge in [-0.3, -0.25) is 4.79 Å². The summed E-state index contributed by atoms with van der Waals surface area (Å²) in [6.07, 6.45) is 4.54. The van der Waals surface area contributed by atoms with E-state index in [-0.39, 0.29) is 24.8 Å². The zero-order chi connectivity index (χ0) is 25.9. The number of ether oxygens (including phenoxy) is 2. The van der Waals surface area contributed by atoms with Gasteiger partial charge >= 0.3 is 5.97 Å². The van der Waals surface area contributed by atoms with Crippen molar-refractivity contribution < 1.29 is 24.2 Å². The second-order valence-corrected chi connectivity index (χ2v) is 9.70. The normalized spacial score (nSPS) is 19.3. The molecule has 2 N–H and O–H groups in total. The third-order valence-corrected chi connectivity index (χ3v) is 7.33. The van der Waals surface area contributed by atoms with E-state index >= 15 is 0 Å². The Kier molecular flexibility index (Phi) is 7.39. The molecule has 0 bridgehead atoms. The van der Waals surface area contributed by atoms with E-state index in [0.717, 1.165) is 52.9 Å². The van der Waals surface area contributed by atoms with E-state index in [0.29, 0.717) is 37.0 Å². The molecule has 2 unspecified atom stereocenters. The highest BCUT2D eigenvalue weighted by Crippen LogP contribution is 2.39. The van der Waals surface area contributed by atoms with Gasteiger partial charge in [-0.1, -0.05) is 24.3 Å². The number of esters is 1. The molecule has 2 aromatic carbocycles. The summed E-state index contributed by atoms with van der Waals surface area (Å²) >= 11 is 0. The molecule has 5 rings (SSSR count). The Balaban J connectivity index is 1.65. The number of aliphatic hydroxyl groups excluding tert-OH is 1. The van der Waals surface area contributed by atoms with Crippen LogP contribution < -0.4 is 5.32 Å². The third-order valence-electron chi connectivity index (χ3n) is 7.33. The molecule has 1 saturated heterocycles. The van der Waals surface area contributed by atoms with E-state index in [1.165, 1.54) is 7.11 Å². The first-order chi connectivity index (χ1) is 18.0. The third kappa shape index (κ3) is 4.91. The summed E-state index contributed by atoms with van der Waals surface area (Å²) in [6.45, 7) is 2.76. The fourth-order valence-corrected chi connectivity index (χ4v) is 5.42. The van der Waals surface area contributed by atoms with Crippen LogP contribution in [-0.4, -0.2) is 47.1 Å². The molecule has 194 valence electrons. The minimum Gasteiger partial charge on any atom is -0.465 e. The van der Waals surface area contributed by atoms with Crippen molar-refractivity contribution >= 4 is 11.9 Å². The van der Waals surface area contributed by atoms with Gasteiger partial charge in [0, 0.05) is 30.0 Å². The Hall–Kier alpha value is -3.49. The number of carbonyl (C=O) groups is 2. The fraction of sp³-hybridized carbons (Fsp3) is 0.414. The molecule has 1 amide bonds. The number of nitrogens with zero attached hydrogens (tertiary/aromatic N) is 2. The predicted molar refractivity (Wildman–Crippen MR) is 138 cm³/mol. The first-order valence-corrected chi connectivity index (χ1v) is 12.9. The van der Waals surface area contributed by atoms with E-state index in [1.54, 1.807) is 12.1 Å². The molecule has 2 atom stereocenters. The molecule has 0 saturated carbocycles. The van der Waals surface area contributed by atoms with Gasteiger partial charge in [0.25, 0.3) is 5.91 Å². The van der Waals surface area contributed by atoms with Gasteiger partial charge in [0.15, 0.2) is 0 Å². The molecule has 1 fully saturated rings. The predicted octanol–water partition coefficient (Wildman–Crippen LogP) is 4.30. The van der Waals surface area contributed by atoms with Crippen molar-refractivity contribution in [3.8, 4) is 11.1 Å². The molecule has 1 aromatic heterocycles. The first-order valence-electron chi connectivity index (χ1n) is 12.9. The summed E-state index contributed by atoms with van der Waals surface area (Å²) < 4.78 is 13.0. The number of aromatic nitrogens is 2. The largest absolute Gasteiger partial charge is 0.465 e. The Labute approximate surface area is 216 Å². The average molecular weight is 504 g/mol. The highest BCUT2D eigenvalue weighted by molar-refractivity contribution is 5.97. The second-order valence-electron chi connectivity index (χ2n) is 9.70. The summed E-state index contributed by atoms with van der Waals surface area (Å²) in [4.78, 5) is 25.2. The number of fused-ring (bicyclic) bond motifs is 1. The molecule has 8 heteroatoms. The number of aliphatic hydroxyl groups is 1. The van der Waals surface area contributed by atoms with Crippen LogP contribution in [0.3, 0.4) is 0 Å². The topological polar surface area (TPSA) is 103 Å². The lowest BCUT2D eigenvalue weighted by molar-refractivity contribution is -0.0414. The molecule has 0 aliphatic carbocycles. The lowest BCUT2D eigenvalue weighted by atomic mass is 9.87. The van der Waals surface area contributed by atoms with Crippen molar-refractivity contribution in [2.24, 2.45) is 0 Å². The van der Waals surface area contributed by atoms with Crippen LogP contribution in [0, 0.1) is 6.92 Å². The summed E-state index contributed by atoms with van der Waals surface area (Å²) in [5.41, 5.74) is 6.82. The SMILES string of the molecule is COC(=O)c1ccc(-c2c(C3Cc4c(C)cccc4C(=O)N3)nn(C3CCCCO3)c2CCCO)cc1. The molecule has 8 nitrogen and oxygen atoms in total. The summed E-state index contributed by atoms with van der Waals surface area (Å²) in [5.74, 6) is -0.507. The van der Waals surface area contributed by atoms with E-state index in [9.17, 15) is 14.7 Å². The van der Waals surface area contributed by atoms with Gasteiger partial charge in [0.05, 0.1) is 24.4 Å². The van der Waals surface area contributed by atoms with Crippen LogP contribution in [-0.2, 0) is 22.3 Å². The van der Waals surface area contributed by atoms with Crippen LogP contribution in [0.1, 0.15) is 81.2 Å².